The number of halogens is 1. The lowest BCUT2D eigenvalue weighted by Gasteiger charge is -2.26. The molecular formula is C21H37IN4O. The number of aliphatic imine (C=N–C) groups is 1. The molecule has 0 aromatic carbocycles. The van der Waals surface area contributed by atoms with Gasteiger partial charge in [0.05, 0.1) is 6.26 Å². The van der Waals surface area contributed by atoms with E-state index in [9.17, 15) is 0 Å². The van der Waals surface area contributed by atoms with Gasteiger partial charge >= 0.3 is 0 Å². The Morgan fingerprint density at radius 2 is 2.04 bits per heavy atom. The van der Waals surface area contributed by atoms with E-state index in [2.05, 4.69) is 29.0 Å². The molecule has 1 aliphatic heterocycles. The minimum atomic E-state index is 0. The predicted octanol–water partition coefficient (Wildman–Crippen LogP) is 3.99. The molecule has 1 aromatic heterocycles. The molecule has 6 heteroatoms. The first-order valence-electron chi connectivity index (χ1n) is 10.6. The molecular weight excluding hydrogens is 451 g/mol. The van der Waals surface area contributed by atoms with Gasteiger partial charge in [0, 0.05) is 38.6 Å². The third kappa shape index (κ3) is 6.97. The van der Waals surface area contributed by atoms with Crippen LogP contribution in [0.2, 0.25) is 0 Å². The topological polar surface area (TPSA) is 44.0 Å². The average molecular weight is 488 g/mol. The fraction of sp³-hybridized carbons (Fsp3) is 0.762. The Morgan fingerprint density at radius 1 is 1.26 bits per heavy atom. The third-order valence-corrected chi connectivity index (χ3v) is 5.88. The van der Waals surface area contributed by atoms with Crippen LogP contribution >= 0.6 is 24.0 Å². The van der Waals surface area contributed by atoms with Crippen LogP contribution in [0.15, 0.2) is 27.8 Å². The van der Waals surface area contributed by atoms with Crippen LogP contribution in [0, 0.1) is 5.92 Å². The van der Waals surface area contributed by atoms with Crippen molar-refractivity contribution in [1.29, 1.82) is 0 Å². The Morgan fingerprint density at radius 3 is 2.70 bits per heavy atom. The van der Waals surface area contributed by atoms with Gasteiger partial charge in [-0.15, -0.1) is 24.0 Å². The smallest absolute Gasteiger partial charge is 0.194 e. The van der Waals surface area contributed by atoms with E-state index in [4.69, 9.17) is 9.41 Å². The van der Waals surface area contributed by atoms with Gasteiger partial charge < -0.3 is 19.5 Å². The summed E-state index contributed by atoms with van der Waals surface area (Å²) in [5.74, 6) is 2.91. The maximum atomic E-state index is 5.45. The Labute approximate surface area is 182 Å². The summed E-state index contributed by atoms with van der Waals surface area (Å²) >= 11 is 0. The lowest BCUT2D eigenvalue weighted by molar-refractivity contribution is 0.255. The van der Waals surface area contributed by atoms with Crippen molar-refractivity contribution in [3.05, 3.63) is 24.2 Å². The van der Waals surface area contributed by atoms with E-state index in [-0.39, 0.29) is 24.0 Å². The maximum absolute atomic E-state index is 5.45. The Hall–Kier alpha value is -0.760. The Bertz CT molecular complexity index is 538. The normalized spacial score (nSPS) is 21.1. The minimum Gasteiger partial charge on any atom is -0.469 e. The van der Waals surface area contributed by atoms with E-state index in [0.29, 0.717) is 6.04 Å². The zero-order valence-corrected chi connectivity index (χ0v) is 19.4. The fourth-order valence-electron chi connectivity index (χ4n) is 4.24. The third-order valence-electron chi connectivity index (χ3n) is 5.88. The van der Waals surface area contributed by atoms with Crippen molar-refractivity contribution in [2.24, 2.45) is 10.9 Å². The van der Waals surface area contributed by atoms with E-state index < -0.39 is 0 Å². The van der Waals surface area contributed by atoms with Gasteiger partial charge in [-0.3, -0.25) is 4.99 Å². The van der Waals surface area contributed by atoms with Crippen LogP contribution < -0.4 is 5.32 Å². The van der Waals surface area contributed by atoms with Crippen LogP contribution in [-0.4, -0.2) is 61.1 Å². The largest absolute Gasteiger partial charge is 0.469 e. The quantitative estimate of drug-likeness (QED) is 0.342. The Kier molecular flexibility index (Phi) is 9.96. The van der Waals surface area contributed by atoms with Crippen LogP contribution in [0.25, 0.3) is 0 Å². The van der Waals surface area contributed by atoms with Crippen molar-refractivity contribution in [3.8, 4) is 0 Å². The molecule has 0 radical (unpaired) electrons. The summed E-state index contributed by atoms with van der Waals surface area (Å²) in [5.41, 5.74) is 0. The number of nitrogens with one attached hydrogen (secondary N) is 1. The molecule has 2 heterocycles. The minimum absolute atomic E-state index is 0. The van der Waals surface area contributed by atoms with E-state index in [1.54, 1.807) is 6.26 Å². The highest BCUT2D eigenvalue weighted by Crippen LogP contribution is 2.21. The number of rotatable bonds is 8. The molecule has 1 aliphatic carbocycles. The fourth-order valence-corrected chi connectivity index (χ4v) is 4.24. The van der Waals surface area contributed by atoms with Crippen molar-refractivity contribution in [1.82, 2.24) is 15.1 Å². The van der Waals surface area contributed by atoms with Gasteiger partial charge in [0.1, 0.15) is 5.76 Å². The molecule has 1 unspecified atom stereocenters. The second kappa shape index (κ2) is 11.9. The van der Waals surface area contributed by atoms with Crippen molar-refractivity contribution < 1.29 is 4.42 Å². The summed E-state index contributed by atoms with van der Waals surface area (Å²) in [6.45, 7) is 11.1. The van der Waals surface area contributed by atoms with Crippen molar-refractivity contribution in [3.63, 3.8) is 0 Å². The number of likely N-dealkylation sites (tertiary alicyclic amines) is 1. The first kappa shape index (κ1) is 22.5. The highest BCUT2D eigenvalue weighted by atomic mass is 127. The van der Waals surface area contributed by atoms with Crippen LogP contribution in [-0.2, 0) is 6.42 Å². The average Bonchev–Trinajstić information content (AvgIpc) is 3.41. The lowest BCUT2D eigenvalue weighted by atomic mass is 10.1. The molecule has 2 aliphatic rings. The van der Waals surface area contributed by atoms with Crippen molar-refractivity contribution in [2.75, 3.05) is 39.3 Å². The van der Waals surface area contributed by atoms with Crippen LogP contribution in [0.5, 0.6) is 0 Å². The molecule has 3 rings (SSSR count). The summed E-state index contributed by atoms with van der Waals surface area (Å²) in [5, 5.41) is 3.77. The number of furan rings is 1. The first-order valence-corrected chi connectivity index (χ1v) is 10.6. The zero-order valence-electron chi connectivity index (χ0n) is 17.0. The molecule has 2 fully saturated rings. The van der Waals surface area contributed by atoms with Gasteiger partial charge in [-0.2, -0.15) is 0 Å². The molecule has 1 aromatic rings. The summed E-state index contributed by atoms with van der Waals surface area (Å²) in [6, 6.07) is 4.60. The highest BCUT2D eigenvalue weighted by molar-refractivity contribution is 14.0. The Balaban J connectivity index is 0.00000261. The van der Waals surface area contributed by atoms with Gasteiger partial charge in [0.2, 0.25) is 0 Å². The molecule has 1 N–H and O–H groups in total. The summed E-state index contributed by atoms with van der Waals surface area (Å²) in [4.78, 5) is 10.00. The van der Waals surface area contributed by atoms with Gasteiger partial charge in [0.25, 0.3) is 0 Å². The summed E-state index contributed by atoms with van der Waals surface area (Å²) in [6.07, 6.45) is 9.17. The first-order chi connectivity index (χ1) is 12.8. The van der Waals surface area contributed by atoms with Crippen LogP contribution in [0.4, 0.5) is 0 Å². The monoisotopic (exact) mass is 488 g/mol. The van der Waals surface area contributed by atoms with Crippen molar-refractivity contribution >= 4 is 29.9 Å². The molecule has 27 heavy (non-hydrogen) atoms. The number of guanidine groups is 1. The molecule has 1 atom stereocenters. The number of hydrogen-bond donors (Lipinski definition) is 1. The molecule has 0 bridgehead atoms. The predicted molar refractivity (Wildman–Crippen MR) is 123 cm³/mol. The van der Waals surface area contributed by atoms with Gasteiger partial charge in [0.15, 0.2) is 5.96 Å². The molecule has 5 nitrogen and oxygen atoms in total. The second-order valence-electron chi connectivity index (χ2n) is 7.75. The molecule has 0 amide bonds. The van der Waals surface area contributed by atoms with Gasteiger partial charge in [-0.05, 0) is 50.4 Å². The molecule has 0 spiro atoms. The molecule has 1 saturated carbocycles. The van der Waals surface area contributed by atoms with E-state index in [1.807, 2.05) is 12.1 Å². The van der Waals surface area contributed by atoms with E-state index >= 15 is 0 Å². The summed E-state index contributed by atoms with van der Waals surface area (Å²) < 4.78 is 5.45. The second-order valence-corrected chi connectivity index (χ2v) is 7.75. The van der Waals surface area contributed by atoms with Crippen molar-refractivity contribution in [2.45, 2.75) is 58.4 Å². The standard InChI is InChI=1S/C21H36N4O.HI/c1-3-24(4-2)16-18-12-14-25(17-18)21(23-19-8-5-6-9-19)22-13-11-20-10-7-15-26-20;/h7,10,15,18-19H,3-6,8-9,11-14,16-17H2,1-2H3,(H,22,23);1H. The maximum Gasteiger partial charge on any atom is 0.194 e. The SMILES string of the molecule is CCN(CC)CC1CCN(C(=NCCc2ccco2)NC2CCCC2)C1.I. The lowest BCUT2D eigenvalue weighted by Crippen LogP contribution is -2.45. The van der Waals surface area contributed by atoms with Gasteiger partial charge in [-0.25, -0.2) is 0 Å². The highest BCUT2D eigenvalue weighted by Gasteiger charge is 2.27. The number of nitrogens with zero attached hydrogens (tertiary/aromatic N) is 3. The van der Waals surface area contributed by atoms with E-state index in [1.165, 1.54) is 38.6 Å². The molecule has 1 saturated heterocycles. The van der Waals surface area contributed by atoms with E-state index in [0.717, 1.165) is 56.8 Å². The number of hydrogen-bond acceptors (Lipinski definition) is 3. The van der Waals surface area contributed by atoms with Gasteiger partial charge in [-0.1, -0.05) is 26.7 Å². The molecule has 154 valence electrons. The zero-order chi connectivity index (χ0) is 18.2. The summed E-state index contributed by atoms with van der Waals surface area (Å²) in [7, 11) is 0. The van der Waals surface area contributed by atoms with Crippen LogP contribution in [0.3, 0.4) is 0 Å². The van der Waals surface area contributed by atoms with Crippen LogP contribution in [0.1, 0.15) is 51.7 Å².